The molecule has 1 saturated heterocycles. The van der Waals surface area contributed by atoms with E-state index >= 15 is 0 Å². The van der Waals surface area contributed by atoms with Gasteiger partial charge in [0.1, 0.15) is 17.6 Å². The first-order chi connectivity index (χ1) is 13.0. The van der Waals surface area contributed by atoms with Crippen molar-refractivity contribution in [2.45, 2.75) is 39.3 Å². The molecule has 2 aromatic rings. The lowest BCUT2D eigenvalue weighted by Crippen LogP contribution is -2.24. The van der Waals surface area contributed by atoms with Crippen molar-refractivity contribution in [2.75, 3.05) is 24.6 Å². The molecule has 3 rings (SSSR count). The van der Waals surface area contributed by atoms with E-state index < -0.39 is 0 Å². The summed E-state index contributed by atoms with van der Waals surface area (Å²) >= 11 is 0. The molecule has 0 saturated carbocycles. The molecular weight excluding hydrogens is 340 g/mol. The SMILES string of the molecule is CCOc1ccc(N2CC[C@@H](Oc3ccc([C@H](C)NC(C)=O)cc3)C2)cc1. The maximum atomic E-state index is 11.2. The zero-order chi connectivity index (χ0) is 19.2. The molecule has 1 heterocycles. The van der Waals surface area contributed by atoms with Crippen molar-refractivity contribution in [3.8, 4) is 11.5 Å². The van der Waals surface area contributed by atoms with Crippen LogP contribution in [0.2, 0.25) is 0 Å². The molecule has 0 spiro atoms. The molecule has 1 fully saturated rings. The van der Waals surface area contributed by atoms with Crippen LogP contribution in [0.1, 0.15) is 38.8 Å². The predicted molar refractivity (Wildman–Crippen MR) is 108 cm³/mol. The number of rotatable bonds is 7. The second-order valence-corrected chi connectivity index (χ2v) is 6.89. The number of ether oxygens (including phenoxy) is 2. The number of anilines is 1. The van der Waals surface area contributed by atoms with Crippen LogP contribution in [0, 0.1) is 0 Å². The van der Waals surface area contributed by atoms with E-state index in [0.717, 1.165) is 36.6 Å². The summed E-state index contributed by atoms with van der Waals surface area (Å²) in [7, 11) is 0. The van der Waals surface area contributed by atoms with Gasteiger partial charge in [-0.3, -0.25) is 4.79 Å². The molecule has 0 aromatic heterocycles. The second-order valence-electron chi connectivity index (χ2n) is 6.89. The summed E-state index contributed by atoms with van der Waals surface area (Å²) in [6.45, 7) is 8.03. The molecule has 2 atom stereocenters. The number of hydrogen-bond donors (Lipinski definition) is 1. The van der Waals surface area contributed by atoms with E-state index in [1.807, 2.05) is 50.2 Å². The molecule has 0 bridgehead atoms. The number of benzene rings is 2. The molecule has 2 aromatic carbocycles. The fourth-order valence-corrected chi connectivity index (χ4v) is 3.39. The highest BCUT2D eigenvalue weighted by Gasteiger charge is 2.24. The lowest BCUT2D eigenvalue weighted by Gasteiger charge is -2.20. The number of nitrogens with one attached hydrogen (secondary N) is 1. The number of hydrogen-bond acceptors (Lipinski definition) is 4. The van der Waals surface area contributed by atoms with Crippen LogP contribution in [0.4, 0.5) is 5.69 Å². The third-order valence-corrected chi connectivity index (χ3v) is 4.76. The van der Waals surface area contributed by atoms with E-state index in [0.29, 0.717) is 6.61 Å². The molecule has 1 aliphatic heterocycles. The average molecular weight is 368 g/mol. The van der Waals surface area contributed by atoms with E-state index in [1.165, 1.54) is 12.6 Å². The molecule has 1 N–H and O–H groups in total. The van der Waals surface area contributed by atoms with Crippen LogP contribution in [0.15, 0.2) is 48.5 Å². The third-order valence-electron chi connectivity index (χ3n) is 4.76. The normalized spacial score (nSPS) is 17.4. The lowest BCUT2D eigenvalue weighted by molar-refractivity contribution is -0.119. The largest absolute Gasteiger partial charge is 0.494 e. The smallest absolute Gasteiger partial charge is 0.217 e. The number of nitrogens with zero attached hydrogens (tertiary/aromatic N) is 1. The van der Waals surface area contributed by atoms with Crippen molar-refractivity contribution in [1.82, 2.24) is 5.32 Å². The third kappa shape index (κ3) is 5.16. The van der Waals surface area contributed by atoms with Crippen molar-refractivity contribution in [1.29, 1.82) is 0 Å². The van der Waals surface area contributed by atoms with E-state index in [1.54, 1.807) is 0 Å². The highest BCUT2D eigenvalue weighted by molar-refractivity contribution is 5.73. The quantitative estimate of drug-likeness (QED) is 0.804. The maximum Gasteiger partial charge on any atom is 0.217 e. The van der Waals surface area contributed by atoms with Gasteiger partial charge in [-0.15, -0.1) is 0 Å². The molecule has 27 heavy (non-hydrogen) atoms. The van der Waals surface area contributed by atoms with E-state index in [2.05, 4.69) is 22.3 Å². The minimum atomic E-state index is -0.0248. The Morgan fingerprint density at radius 2 is 1.81 bits per heavy atom. The van der Waals surface area contributed by atoms with Gasteiger partial charge in [-0.2, -0.15) is 0 Å². The van der Waals surface area contributed by atoms with Crippen LogP contribution in [0.5, 0.6) is 11.5 Å². The van der Waals surface area contributed by atoms with E-state index in [9.17, 15) is 4.79 Å². The first-order valence-corrected chi connectivity index (χ1v) is 9.56. The van der Waals surface area contributed by atoms with Gasteiger partial charge in [0.05, 0.1) is 19.2 Å². The summed E-state index contributed by atoms with van der Waals surface area (Å²) < 4.78 is 11.7. The molecule has 1 aliphatic rings. The monoisotopic (exact) mass is 368 g/mol. The zero-order valence-corrected chi connectivity index (χ0v) is 16.3. The summed E-state index contributed by atoms with van der Waals surface area (Å²) in [5.74, 6) is 1.75. The minimum absolute atomic E-state index is 0.00168. The van der Waals surface area contributed by atoms with Gasteiger partial charge in [0.2, 0.25) is 5.91 Å². The maximum absolute atomic E-state index is 11.2. The van der Waals surface area contributed by atoms with Gasteiger partial charge >= 0.3 is 0 Å². The topological polar surface area (TPSA) is 50.8 Å². The average Bonchev–Trinajstić information content (AvgIpc) is 3.11. The number of amides is 1. The van der Waals surface area contributed by atoms with Crippen LogP contribution >= 0.6 is 0 Å². The Labute approximate surface area is 161 Å². The molecule has 5 nitrogen and oxygen atoms in total. The van der Waals surface area contributed by atoms with Gasteiger partial charge in [0.25, 0.3) is 0 Å². The van der Waals surface area contributed by atoms with Crippen LogP contribution in [-0.4, -0.2) is 31.7 Å². The van der Waals surface area contributed by atoms with Gasteiger partial charge in [0.15, 0.2) is 0 Å². The first kappa shape index (κ1) is 19.1. The Morgan fingerprint density at radius 1 is 1.15 bits per heavy atom. The van der Waals surface area contributed by atoms with Gasteiger partial charge in [-0.25, -0.2) is 0 Å². The molecule has 0 aliphatic carbocycles. The minimum Gasteiger partial charge on any atom is -0.494 e. The van der Waals surface area contributed by atoms with Crippen LogP contribution in [0.3, 0.4) is 0 Å². The lowest BCUT2D eigenvalue weighted by atomic mass is 10.1. The molecule has 144 valence electrons. The van der Waals surface area contributed by atoms with Crippen molar-refractivity contribution >= 4 is 11.6 Å². The Hall–Kier alpha value is -2.69. The fourth-order valence-electron chi connectivity index (χ4n) is 3.39. The first-order valence-electron chi connectivity index (χ1n) is 9.56. The Bertz CT molecular complexity index is 743. The van der Waals surface area contributed by atoms with Gasteiger partial charge in [-0.05, 0) is 55.8 Å². The van der Waals surface area contributed by atoms with Crippen LogP contribution in [0.25, 0.3) is 0 Å². The fraction of sp³-hybridized carbons (Fsp3) is 0.409. The second kappa shape index (κ2) is 8.80. The Kier molecular flexibility index (Phi) is 6.22. The van der Waals surface area contributed by atoms with Gasteiger partial charge in [-0.1, -0.05) is 12.1 Å². The molecule has 0 radical (unpaired) electrons. The van der Waals surface area contributed by atoms with Crippen molar-refractivity contribution < 1.29 is 14.3 Å². The van der Waals surface area contributed by atoms with E-state index in [-0.39, 0.29) is 18.1 Å². The summed E-state index contributed by atoms with van der Waals surface area (Å²) in [5, 5.41) is 2.89. The summed E-state index contributed by atoms with van der Waals surface area (Å²) in [6, 6.07) is 16.2. The predicted octanol–water partition coefficient (Wildman–Crippen LogP) is 3.94. The standard InChI is InChI=1S/C22H28N2O3/c1-4-26-20-11-7-19(8-12-20)24-14-13-22(15-24)27-21-9-5-18(6-10-21)16(2)23-17(3)25/h5-12,16,22H,4,13-15H2,1-3H3,(H,23,25)/t16-,22+/m0/s1. The molecule has 1 amide bonds. The number of carbonyl (C=O) groups excluding carboxylic acids is 1. The van der Waals surface area contributed by atoms with Gasteiger partial charge in [0, 0.05) is 25.6 Å². The summed E-state index contributed by atoms with van der Waals surface area (Å²) in [4.78, 5) is 13.5. The van der Waals surface area contributed by atoms with Crippen LogP contribution < -0.4 is 19.7 Å². The number of carbonyl (C=O) groups is 1. The van der Waals surface area contributed by atoms with Gasteiger partial charge < -0.3 is 19.7 Å². The van der Waals surface area contributed by atoms with Crippen molar-refractivity contribution in [3.63, 3.8) is 0 Å². The molecular formula is C22H28N2O3. The zero-order valence-electron chi connectivity index (χ0n) is 16.3. The van der Waals surface area contributed by atoms with Crippen molar-refractivity contribution in [3.05, 3.63) is 54.1 Å². The highest BCUT2D eigenvalue weighted by atomic mass is 16.5. The molecule has 5 heteroatoms. The Balaban J connectivity index is 1.54. The van der Waals surface area contributed by atoms with Crippen LogP contribution in [-0.2, 0) is 4.79 Å². The van der Waals surface area contributed by atoms with E-state index in [4.69, 9.17) is 9.47 Å². The Morgan fingerprint density at radius 3 is 2.44 bits per heavy atom. The molecule has 0 unspecified atom stereocenters. The highest BCUT2D eigenvalue weighted by Crippen LogP contribution is 2.26. The summed E-state index contributed by atoms with van der Waals surface area (Å²) in [5.41, 5.74) is 2.27. The summed E-state index contributed by atoms with van der Waals surface area (Å²) in [6.07, 6.45) is 1.17. The van der Waals surface area contributed by atoms with Crippen molar-refractivity contribution in [2.24, 2.45) is 0 Å².